The molecule has 0 aliphatic carbocycles. The van der Waals surface area contributed by atoms with Gasteiger partial charge in [-0.25, -0.2) is 4.79 Å². The molecule has 0 radical (unpaired) electrons. The first-order chi connectivity index (χ1) is 13.8. The van der Waals surface area contributed by atoms with Crippen molar-refractivity contribution in [1.82, 2.24) is 0 Å². The first-order valence-electron chi connectivity index (χ1n) is 8.11. The minimum absolute atomic E-state index is 0.0219. The molecular formula is C18H17N3O7S. The number of nitro benzene ring substituents is 1. The number of nitrogens with zero attached hydrogens (tertiary/aromatic N) is 1. The zero-order chi connectivity index (χ0) is 21.4. The molecule has 0 aliphatic heterocycles. The molecule has 0 saturated heterocycles. The number of methoxy groups -OCH3 is 1. The van der Waals surface area contributed by atoms with Crippen LogP contribution in [-0.4, -0.2) is 42.2 Å². The Balaban J connectivity index is 2.02. The summed E-state index contributed by atoms with van der Waals surface area (Å²) in [6.07, 6.45) is 0. The maximum atomic E-state index is 12.3. The van der Waals surface area contributed by atoms with E-state index < -0.39 is 29.3 Å². The second-order valence-electron chi connectivity index (χ2n) is 5.52. The van der Waals surface area contributed by atoms with E-state index in [1.165, 1.54) is 25.3 Å². The average molecular weight is 419 g/mol. The molecule has 152 valence electrons. The molecule has 2 aromatic rings. The predicted octanol–water partition coefficient (Wildman–Crippen LogP) is 1.98. The van der Waals surface area contributed by atoms with Crippen LogP contribution in [0, 0.1) is 10.1 Å². The number of hydrogen-bond donors (Lipinski definition) is 2. The zero-order valence-electron chi connectivity index (χ0n) is 15.2. The van der Waals surface area contributed by atoms with Crippen LogP contribution in [0.5, 0.6) is 5.75 Å². The van der Waals surface area contributed by atoms with Crippen LogP contribution in [-0.2, 0) is 14.3 Å². The highest BCUT2D eigenvalue weighted by molar-refractivity contribution is 8.00. The van der Waals surface area contributed by atoms with Crippen molar-refractivity contribution in [2.45, 2.75) is 4.90 Å². The second-order valence-corrected chi connectivity index (χ2v) is 6.53. The lowest BCUT2D eigenvalue weighted by Crippen LogP contribution is -2.21. The third-order valence-corrected chi connectivity index (χ3v) is 4.58. The summed E-state index contributed by atoms with van der Waals surface area (Å²) < 4.78 is 9.90. The second kappa shape index (κ2) is 10.1. The molecule has 0 aliphatic rings. The monoisotopic (exact) mass is 419 g/mol. The fourth-order valence-corrected chi connectivity index (χ4v) is 2.98. The number of primary amides is 1. The number of esters is 1. The standard InChI is InChI=1S/C18H17N3O7S/c1-27-11-6-7-13(14(8-11)21(25)26)20-17(23)9-28-18(24)12-4-2-3-5-15(12)29-10-16(19)22/h2-8H,9-10H2,1H3,(H2,19,22)(H,20,23). The molecule has 0 heterocycles. The van der Waals surface area contributed by atoms with Crippen LogP contribution in [0.3, 0.4) is 0 Å². The van der Waals surface area contributed by atoms with Crippen molar-refractivity contribution in [2.75, 3.05) is 24.8 Å². The molecule has 2 rings (SSSR count). The third kappa shape index (κ3) is 6.21. The highest BCUT2D eigenvalue weighted by atomic mass is 32.2. The van der Waals surface area contributed by atoms with E-state index in [1.54, 1.807) is 18.2 Å². The lowest BCUT2D eigenvalue weighted by molar-refractivity contribution is -0.384. The SMILES string of the molecule is COc1ccc(NC(=O)COC(=O)c2ccccc2SCC(N)=O)c([N+](=O)[O-])c1. The molecule has 29 heavy (non-hydrogen) atoms. The van der Waals surface area contributed by atoms with Gasteiger partial charge >= 0.3 is 5.97 Å². The number of anilines is 1. The summed E-state index contributed by atoms with van der Waals surface area (Å²) in [5.41, 5.74) is 4.85. The van der Waals surface area contributed by atoms with Crippen LogP contribution in [0.15, 0.2) is 47.4 Å². The van der Waals surface area contributed by atoms with Crippen LogP contribution >= 0.6 is 11.8 Å². The lowest BCUT2D eigenvalue weighted by Gasteiger charge is -2.10. The van der Waals surface area contributed by atoms with Gasteiger partial charge in [-0.2, -0.15) is 0 Å². The third-order valence-electron chi connectivity index (χ3n) is 3.49. The molecule has 0 aromatic heterocycles. The van der Waals surface area contributed by atoms with Gasteiger partial charge in [0.2, 0.25) is 5.91 Å². The number of ether oxygens (including phenoxy) is 2. The van der Waals surface area contributed by atoms with E-state index in [4.69, 9.17) is 15.2 Å². The maximum Gasteiger partial charge on any atom is 0.339 e. The van der Waals surface area contributed by atoms with Crippen molar-refractivity contribution in [2.24, 2.45) is 5.73 Å². The molecule has 3 N–H and O–H groups in total. The molecule has 0 atom stereocenters. The Morgan fingerprint density at radius 2 is 1.93 bits per heavy atom. The number of thioether (sulfide) groups is 1. The van der Waals surface area contributed by atoms with Crippen LogP contribution in [0.2, 0.25) is 0 Å². The van der Waals surface area contributed by atoms with Crippen molar-refractivity contribution < 1.29 is 28.8 Å². The molecule has 0 unspecified atom stereocenters. The molecule has 2 aromatic carbocycles. The summed E-state index contributed by atoms with van der Waals surface area (Å²) >= 11 is 1.07. The molecule has 0 fully saturated rings. The maximum absolute atomic E-state index is 12.3. The van der Waals surface area contributed by atoms with E-state index in [9.17, 15) is 24.5 Å². The van der Waals surface area contributed by atoms with Gasteiger partial charge in [-0.1, -0.05) is 12.1 Å². The molecule has 0 saturated carbocycles. The van der Waals surface area contributed by atoms with Crippen LogP contribution < -0.4 is 15.8 Å². The van der Waals surface area contributed by atoms with Crippen molar-refractivity contribution in [3.8, 4) is 5.75 Å². The van der Waals surface area contributed by atoms with Crippen LogP contribution in [0.4, 0.5) is 11.4 Å². The van der Waals surface area contributed by atoms with Gasteiger partial charge in [0.05, 0.1) is 29.4 Å². The summed E-state index contributed by atoms with van der Waals surface area (Å²) in [7, 11) is 1.36. The number of benzene rings is 2. The highest BCUT2D eigenvalue weighted by Gasteiger charge is 2.19. The summed E-state index contributed by atoms with van der Waals surface area (Å²) in [5.74, 6) is -1.85. The van der Waals surface area contributed by atoms with Crippen LogP contribution in [0.1, 0.15) is 10.4 Å². The van der Waals surface area contributed by atoms with E-state index in [1.807, 2.05) is 0 Å². The molecule has 10 nitrogen and oxygen atoms in total. The quantitative estimate of drug-likeness (QED) is 0.271. The molecular weight excluding hydrogens is 402 g/mol. The van der Waals surface area contributed by atoms with Gasteiger partial charge in [0, 0.05) is 4.90 Å². The Kier molecular flexibility index (Phi) is 7.54. The fraction of sp³-hybridized carbons (Fsp3) is 0.167. The van der Waals surface area contributed by atoms with Gasteiger partial charge in [0.25, 0.3) is 11.6 Å². The van der Waals surface area contributed by atoms with Crippen LogP contribution in [0.25, 0.3) is 0 Å². The van der Waals surface area contributed by atoms with Gasteiger partial charge in [-0.05, 0) is 24.3 Å². The first-order valence-corrected chi connectivity index (χ1v) is 9.10. The number of nitrogens with two attached hydrogens (primary N) is 1. The lowest BCUT2D eigenvalue weighted by atomic mass is 10.2. The van der Waals surface area contributed by atoms with Crippen molar-refractivity contribution in [3.05, 3.63) is 58.1 Å². The minimum Gasteiger partial charge on any atom is -0.496 e. The summed E-state index contributed by atoms with van der Waals surface area (Å²) in [6, 6.07) is 10.3. The van der Waals surface area contributed by atoms with Crippen molar-refractivity contribution >= 4 is 40.9 Å². The number of amides is 2. The highest BCUT2D eigenvalue weighted by Crippen LogP contribution is 2.29. The van der Waals surface area contributed by atoms with Gasteiger partial charge < -0.3 is 20.5 Å². The molecule has 0 spiro atoms. The largest absolute Gasteiger partial charge is 0.496 e. The van der Waals surface area contributed by atoms with E-state index in [0.29, 0.717) is 4.90 Å². The average Bonchev–Trinajstić information content (AvgIpc) is 2.70. The summed E-state index contributed by atoms with van der Waals surface area (Å²) in [4.78, 5) is 46.2. The predicted molar refractivity (Wildman–Crippen MR) is 105 cm³/mol. The van der Waals surface area contributed by atoms with E-state index >= 15 is 0 Å². The van der Waals surface area contributed by atoms with E-state index in [0.717, 1.165) is 17.8 Å². The zero-order valence-corrected chi connectivity index (χ0v) is 16.1. The Labute approximate surface area is 169 Å². The molecule has 0 bridgehead atoms. The number of hydrogen-bond acceptors (Lipinski definition) is 8. The van der Waals surface area contributed by atoms with Gasteiger partial charge in [0.1, 0.15) is 11.4 Å². The van der Waals surface area contributed by atoms with Gasteiger partial charge in [-0.3, -0.25) is 19.7 Å². The molecule has 11 heteroatoms. The van der Waals surface area contributed by atoms with Crippen molar-refractivity contribution in [1.29, 1.82) is 0 Å². The number of nitrogens with one attached hydrogen (secondary N) is 1. The molecule has 2 amide bonds. The minimum atomic E-state index is -0.781. The van der Waals surface area contributed by atoms with Gasteiger partial charge in [0.15, 0.2) is 6.61 Å². The van der Waals surface area contributed by atoms with E-state index in [-0.39, 0.29) is 28.4 Å². The fourth-order valence-electron chi connectivity index (χ4n) is 2.20. The smallest absolute Gasteiger partial charge is 0.339 e. The number of carbonyl (C=O) groups is 3. The first kappa shape index (κ1) is 21.7. The number of nitro groups is 1. The number of carbonyl (C=O) groups excluding carboxylic acids is 3. The van der Waals surface area contributed by atoms with Crippen molar-refractivity contribution in [3.63, 3.8) is 0 Å². The normalized spacial score (nSPS) is 10.1. The Hall–Kier alpha value is -3.60. The number of rotatable bonds is 9. The Bertz CT molecular complexity index is 949. The topological polar surface area (TPSA) is 151 Å². The summed E-state index contributed by atoms with van der Waals surface area (Å²) in [6.45, 7) is -0.656. The Morgan fingerprint density at radius 1 is 1.21 bits per heavy atom. The van der Waals surface area contributed by atoms with Gasteiger partial charge in [-0.15, -0.1) is 11.8 Å². The van der Waals surface area contributed by atoms with E-state index in [2.05, 4.69) is 5.32 Å². The Morgan fingerprint density at radius 3 is 2.59 bits per heavy atom. The summed E-state index contributed by atoms with van der Waals surface area (Å²) in [5, 5.41) is 13.5.